The van der Waals surface area contributed by atoms with Crippen LogP contribution in [0.2, 0.25) is 0 Å². The average molecular weight is 356 g/mol. The van der Waals surface area contributed by atoms with E-state index < -0.39 is 0 Å². The zero-order valence-corrected chi connectivity index (χ0v) is 15.0. The third-order valence-corrected chi connectivity index (χ3v) is 5.42. The Morgan fingerprint density at radius 1 is 1.33 bits per heavy atom. The maximum Gasteiger partial charge on any atom is 0.137 e. The number of benzene rings is 1. The Kier molecular flexibility index (Phi) is 5.84. The van der Waals surface area contributed by atoms with Gasteiger partial charge in [0.1, 0.15) is 5.82 Å². The maximum absolute atomic E-state index is 13.4. The summed E-state index contributed by atoms with van der Waals surface area (Å²) in [5, 5.41) is 3.51. The highest BCUT2D eigenvalue weighted by Gasteiger charge is 2.34. The molecule has 0 amide bonds. The highest BCUT2D eigenvalue weighted by Crippen LogP contribution is 2.43. The Balaban J connectivity index is 2.09. The van der Waals surface area contributed by atoms with Crippen LogP contribution in [0.1, 0.15) is 45.6 Å². The lowest BCUT2D eigenvalue weighted by Gasteiger charge is -2.41. The molecule has 2 unspecified atom stereocenters. The lowest BCUT2D eigenvalue weighted by molar-refractivity contribution is 0.116. The third-order valence-electron chi connectivity index (χ3n) is 4.81. The topological polar surface area (TPSA) is 12.0 Å². The van der Waals surface area contributed by atoms with Gasteiger partial charge in [-0.05, 0) is 89.6 Å². The summed E-state index contributed by atoms with van der Waals surface area (Å²) < 4.78 is 14.0. The van der Waals surface area contributed by atoms with Crippen molar-refractivity contribution in [2.45, 2.75) is 46.5 Å². The number of halogens is 2. The molecule has 0 aliphatic heterocycles. The van der Waals surface area contributed by atoms with Gasteiger partial charge in [-0.1, -0.05) is 26.8 Å². The fourth-order valence-corrected chi connectivity index (χ4v) is 4.02. The normalized spacial score (nSPS) is 25.0. The van der Waals surface area contributed by atoms with Crippen LogP contribution < -0.4 is 5.32 Å². The summed E-state index contributed by atoms with van der Waals surface area (Å²) in [5.41, 5.74) is 1.68. The summed E-state index contributed by atoms with van der Waals surface area (Å²) in [6.07, 6.45) is 4.93. The van der Waals surface area contributed by atoms with Gasteiger partial charge in [0.25, 0.3) is 0 Å². The van der Waals surface area contributed by atoms with Crippen molar-refractivity contribution < 1.29 is 4.39 Å². The second-order valence-electron chi connectivity index (χ2n) is 7.19. The van der Waals surface area contributed by atoms with Crippen molar-refractivity contribution in [3.8, 4) is 0 Å². The second kappa shape index (κ2) is 7.23. The molecule has 21 heavy (non-hydrogen) atoms. The van der Waals surface area contributed by atoms with Crippen LogP contribution in [0.25, 0.3) is 0 Å². The first-order chi connectivity index (χ1) is 9.91. The minimum atomic E-state index is -0.174. The van der Waals surface area contributed by atoms with Gasteiger partial charge in [0.2, 0.25) is 0 Å². The standard InChI is InChI=1S/C18H27BrFN/c1-4-21-12-14-7-8-18(2,3)11-15(14)9-13-5-6-17(20)16(19)10-13/h5-6,10,14-15,21H,4,7-9,11-12H2,1-3H3. The molecular weight excluding hydrogens is 329 g/mol. The molecule has 1 nitrogen and oxygen atoms in total. The molecule has 1 saturated carbocycles. The minimum Gasteiger partial charge on any atom is -0.317 e. The number of rotatable bonds is 5. The van der Waals surface area contributed by atoms with Crippen molar-refractivity contribution in [1.82, 2.24) is 5.32 Å². The summed E-state index contributed by atoms with van der Waals surface area (Å²) in [7, 11) is 0. The van der Waals surface area contributed by atoms with Gasteiger partial charge in [0.05, 0.1) is 4.47 Å². The molecule has 2 atom stereocenters. The molecule has 1 fully saturated rings. The molecule has 0 saturated heterocycles. The summed E-state index contributed by atoms with van der Waals surface area (Å²) in [6, 6.07) is 5.46. The Morgan fingerprint density at radius 2 is 2.10 bits per heavy atom. The number of nitrogens with one attached hydrogen (secondary N) is 1. The summed E-state index contributed by atoms with van der Waals surface area (Å²) in [4.78, 5) is 0. The van der Waals surface area contributed by atoms with E-state index in [4.69, 9.17) is 0 Å². The van der Waals surface area contributed by atoms with Crippen LogP contribution in [0.4, 0.5) is 4.39 Å². The van der Waals surface area contributed by atoms with Crippen molar-refractivity contribution in [2.24, 2.45) is 17.3 Å². The number of hydrogen-bond donors (Lipinski definition) is 1. The van der Waals surface area contributed by atoms with Crippen molar-refractivity contribution in [2.75, 3.05) is 13.1 Å². The summed E-state index contributed by atoms with van der Waals surface area (Å²) >= 11 is 3.30. The highest BCUT2D eigenvalue weighted by atomic mass is 79.9. The molecule has 2 rings (SSSR count). The molecule has 0 aromatic heterocycles. The van der Waals surface area contributed by atoms with Crippen molar-refractivity contribution in [3.05, 3.63) is 34.1 Å². The molecule has 0 heterocycles. The smallest absolute Gasteiger partial charge is 0.137 e. The minimum absolute atomic E-state index is 0.174. The van der Waals surface area contributed by atoms with Crippen LogP contribution in [-0.2, 0) is 6.42 Å². The van der Waals surface area contributed by atoms with E-state index in [1.165, 1.54) is 24.8 Å². The van der Waals surface area contributed by atoms with Gasteiger partial charge in [0.15, 0.2) is 0 Å². The average Bonchev–Trinajstić information content (AvgIpc) is 2.41. The molecule has 0 bridgehead atoms. The van der Waals surface area contributed by atoms with Crippen LogP contribution >= 0.6 is 15.9 Å². The zero-order valence-electron chi connectivity index (χ0n) is 13.4. The number of hydrogen-bond acceptors (Lipinski definition) is 1. The molecule has 118 valence electrons. The molecule has 0 radical (unpaired) electrons. The van der Waals surface area contributed by atoms with Gasteiger partial charge in [-0.25, -0.2) is 4.39 Å². The van der Waals surface area contributed by atoms with Crippen LogP contribution in [0.15, 0.2) is 22.7 Å². The van der Waals surface area contributed by atoms with Gasteiger partial charge in [-0.2, -0.15) is 0 Å². The van der Waals surface area contributed by atoms with Crippen molar-refractivity contribution in [3.63, 3.8) is 0 Å². The van der Waals surface area contributed by atoms with E-state index >= 15 is 0 Å². The van der Waals surface area contributed by atoms with Gasteiger partial charge < -0.3 is 5.32 Å². The zero-order chi connectivity index (χ0) is 15.5. The molecule has 1 aromatic carbocycles. The molecule has 1 aliphatic carbocycles. The second-order valence-corrected chi connectivity index (χ2v) is 8.04. The summed E-state index contributed by atoms with van der Waals surface area (Å²) in [6.45, 7) is 9.07. The van der Waals surface area contributed by atoms with E-state index in [-0.39, 0.29) is 5.82 Å². The fourth-order valence-electron chi connectivity index (χ4n) is 3.60. The van der Waals surface area contributed by atoms with Crippen LogP contribution in [0.5, 0.6) is 0 Å². The molecule has 1 aromatic rings. The van der Waals surface area contributed by atoms with E-state index in [0.29, 0.717) is 15.8 Å². The first kappa shape index (κ1) is 17.0. The molecule has 1 aliphatic rings. The van der Waals surface area contributed by atoms with E-state index in [9.17, 15) is 4.39 Å². The third kappa shape index (κ3) is 4.79. The van der Waals surface area contributed by atoms with Crippen molar-refractivity contribution >= 4 is 15.9 Å². The van der Waals surface area contributed by atoms with E-state index in [1.807, 2.05) is 12.1 Å². The predicted molar refractivity (Wildman–Crippen MR) is 91.0 cm³/mol. The highest BCUT2D eigenvalue weighted by molar-refractivity contribution is 9.10. The van der Waals surface area contributed by atoms with Gasteiger partial charge in [-0.3, -0.25) is 0 Å². The van der Waals surface area contributed by atoms with Crippen LogP contribution in [-0.4, -0.2) is 13.1 Å². The first-order valence-corrected chi connectivity index (χ1v) is 8.85. The van der Waals surface area contributed by atoms with Crippen molar-refractivity contribution in [1.29, 1.82) is 0 Å². The maximum atomic E-state index is 13.4. The molecule has 3 heteroatoms. The Hall–Kier alpha value is -0.410. The summed E-state index contributed by atoms with van der Waals surface area (Å²) in [5.74, 6) is 1.25. The van der Waals surface area contributed by atoms with Gasteiger partial charge in [0, 0.05) is 0 Å². The lowest BCUT2D eigenvalue weighted by Crippen LogP contribution is -2.37. The monoisotopic (exact) mass is 355 g/mol. The Morgan fingerprint density at radius 3 is 2.76 bits per heavy atom. The Labute approximate surface area is 136 Å². The Bertz CT molecular complexity index is 472. The lowest BCUT2D eigenvalue weighted by atomic mass is 9.65. The molecular formula is C18H27BrFN. The SMILES string of the molecule is CCNCC1CCC(C)(C)CC1Cc1ccc(F)c(Br)c1. The van der Waals surface area contributed by atoms with Gasteiger partial charge in [-0.15, -0.1) is 0 Å². The van der Waals surface area contributed by atoms with Crippen LogP contribution in [0, 0.1) is 23.1 Å². The van der Waals surface area contributed by atoms with Gasteiger partial charge >= 0.3 is 0 Å². The van der Waals surface area contributed by atoms with Crippen LogP contribution in [0.3, 0.4) is 0 Å². The van der Waals surface area contributed by atoms with E-state index in [0.717, 1.165) is 25.4 Å². The predicted octanol–water partition coefficient (Wildman–Crippen LogP) is 5.18. The first-order valence-electron chi connectivity index (χ1n) is 8.06. The molecule has 1 N–H and O–H groups in total. The van der Waals surface area contributed by atoms with E-state index in [1.54, 1.807) is 6.07 Å². The van der Waals surface area contributed by atoms with E-state index in [2.05, 4.69) is 42.0 Å². The molecule has 0 spiro atoms. The largest absolute Gasteiger partial charge is 0.317 e. The fraction of sp³-hybridized carbons (Fsp3) is 0.667. The quantitative estimate of drug-likeness (QED) is 0.766.